The van der Waals surface area contributed by atoms with Crippen LogP contribution in [-0.2, 0) is 20.9 Å². The summed E-state index contributed by atoms with van der Waals surface area (Å²) in [7, 11) is 1.78. The number of aromatic nitrogens is 1. The topological polar surface area (TPSA) is 62.7 Å². The van der Waals surface area contributed by atoms with Gasteiger partial charge in [0.15, 0.2) is 0 Å². The van der Waals surface area contributed by atoms with E-state index in [0.29, 0.717) is 13.1 Å². The average molecular weight is 369 g/mol. The third kappa shape index (κ3) is 2.78. The standard InChI is InChI=1S/C21H27N3O3/c1-4-15(5-2)24-13-21-10-9-16(27-21)17(18(21)20(24)26)19(25)23(3)12-14-8-6-7-11-22-14/h6-11,15-18H,4-5,12-13H2,1-3H3/t16-,17+,18+,21-/m0/s1. The second-order valence-electron chi connectivity index (χ2n) is 7.85. The third-order valence-corrected chi connectivity index (χ3v) is 6.30. The van der Waals surface area contributed by atoms with Crippen LogP contribution in [0.15, 0.2) is 36.5 Å². The number of likely N-dealkylation sites (tertiary alicyclic amines) is 1. The number of ether oxygens (including phenoxy) is 1. The number of hydrogen-bond donors (Lipinski definition) is 0. The minimum absolute atomic E-state index is 0.0402. The van der Waals surface area contributed by atoms with Crippen molar-refractivity contribution in [3.8, 4) is 0 Å². The molecule has 1 spiro atoms. The van der Waals surface area contributed by atoms with Crippen molar-refractivity contribution in [1.82, 2.24) is 14.8 Å². The van der Waals surface area contributed by atoms with Crippen LogP contribution in [0.4, 0.5) is 0 Å². The molecule has 3 aliphatic heterocycles. The maximum Gasteiger partial charge on any atom is 0.230 e. The van der Waals surface area contributed by atoms with Crippen LogP contribution in [0, 0.1) is 11.8 Å². The normalized spacial score (nSPS) is 31.0. The fourth-order valence-corrected chi connectivity index (χ4v) is 4.92. The van der Waals surface area contributed by atoms with Gasteiger partial charge in [0.25, 0.3) is 0 Å². The van der Waals surface area contributed by atoms with Crippen LogP contribution in [0.2, 0.25) is 0 Å². The second kappa shape index (κ2) is 6.75. The van der Waals surface area contributed by atoms with Crippen LogP contribution in [0.3, 0.4) is 0 Å². The molecule has 0 aromatic carbocycles. The average Bonchev–Trinajstić information content (AvgIpc) is 3.32. The van der Waals surface area contributed by atoms with Crippen molar-refractivity contribution in [2.24, 2.45) is 11.8 Å². The Morgan fingerprint density at radius 3 is 2.85 bits per heavy atom. The van der Waals surface area contributed by atoms with E-state index < -0.39 is 17.4 Å². The van der Waals surface area contributed by atoms with Gasteiger partial charge in [-0.3, -0.25) is 14.6 Å². The molecule has 3 aliphatic rings. The van der Waals surface area contributed by atoms with Gasteiger partial charge >= 0.3 is 0 Å². The molecule has 2 fully saturated rings. The van der Waals surface area contributed by atoms with Crippen molar-refractivity contribution >= 4 is 11.8 Å². The SMILES string of the molecule is CCC(CC)N1C[C@]23C=C[C@H](O2)[C@@H](C(=O)N(C)Cc2ccccn2)[C@@H]3C1=O. The fraction of sp³-hybridized carbons (Fsp3) is 0.571. The predicted molar refractivity (Wildman–Crippen MR) is 101 cm³/mol. The van der Waals surface area contributed by atoms with E-state index in [0.717, 1.165) is 18.5 Å². The monoisotopic (exact) mass is 369 g/mol. The lowest BCUT2D eigenvalue weighted by molar-refractivity contribution is -0.143. The van der Waals surface area contributed by atoms with Gasteiger partial charge in [-0.25, -0.2) is 0 Å². The molecule has 4 rings (SSSR count). The lowest BCUT2D eigenvalue weighted by Crippen LogP contribution is -2.45. The molecule has 6 nitrogen and oxygen atoms in total. The summed E-state index contributed by atoms with van der Waals surface area (Å²) >= 11 is 0. The van der Waals surface area contributed by atoms with E-state index in [4.69, 9.17) is 4.74 Å². The summed E-state index contributed by atoms with van der Waals surface area (Å²) in [6, 6.07) is 5.87. The molecule has 1 aromatic heterocycles. The van der Waals surface area contributed by atoms with Gasteiger partial charge in [0.1, 0.15) is 5.60 Å². The van der Waals surface area contributed by atoms with Gasteiger partial charge in [0, 0.05) is 19.3 Å². The summed E-state index contributed by atoms with van der Waals surface area (Å²) in [5.41, 5.74) is 0.204. The first-order chi connectivity index (χ1) is 13.0. The summed E-state index contributed by atoms with van der Waals surface area (Å²) in [5.74, 6) is -0.830. The van der Waals surface area contributed by atoms with Crippen molar-refractivity contribution in [3.63, 3.8) is 0 Å². The summed E-state index contributed by atoms with van der Waals surface area (Å²) in [4.78, 5) is 34.4. The van der Waals surface area contributed by atoms with Crippen molar-refractivity contribution < 1.29 is 14.3 Å². The van der Waals surface area contributed by atoms with Crippen molar-refractivity contribution in [3.05, 3.63) is 42.2 Å². The molecule has 0 aliphatic carbocycles. The Hall–Kier alpha value is -2.21. The first kappa shape index (κ1) is 18.2. The lowest BCUT2D eigenvalue weighted by Gasteiger charge is -2.29. The quantitative estimate of drug-likeness (QED) is 0.720. The number of hydrogen-bond acceptors (Lipinski definition) is 4. The van der Waals surface area contributed by atoms with E-state index in [1.807, 2.05) is 35.3 Å². The number of carbonyl (C=O) groups is 2. The van der Waals surface area contributed by atoms with Crippen LogP contribution in [0.1, 0.15) is 32.4 Å². The first-order valence-electron chi connectivity index (χ1n) is 9.83. The first-order valence-corrected chi connectivity index (χ1v) is 9.83. The fourth-order valence-electron chi connectivity index (χ4n) is 4.92. The number of carbonyl (C=O) groups excluding carboxylic acids is 2. The van der Waals surface area contributed by atoms with E-state index >= 15 is 0 Å². The number of fused-ring (bicyclic) bond motifs is 1. The van der Waals surface area contributed by atoms with E-state index in [2.05, 4.69) is 18.8 Å². The highest BCUT2D eigenvalue weighted by atomic mass is 16.5. The van der Waals surface area contributed by atoms with E-state index in [-0.39, 0.29) is 24.0 Å². The molecule has 4 heterocycles. The Kier molecular flexibility index (Phi) is 4.54. The Balaban J connectivity index is 1.56. The zero-order valence-electron chi connectivity index (χ0n) is 16.2. The number of pyridine rings is 1. The molecule has 1 aromatic rings. The molecule has 0 saturated carbocycles. The van der Waals surface area contributed by atoms with E-state index in [1.54, 1.807) is 18.1 Å². The molecule has 4 atom stereocenters. The van der Waals surface area contributed by atoms with Gasteiger partial charge in [-0.1, -0.05) is 32.1 Å². The highest BCUT2D eigenvalue weighted by molar-refractivity contribution is 5.93. The smallest absolute Gasteiger partial charge is 0.230 e. The summed E-state index contributed by atoms with van der Waals surface area (Å²) in [6.45, 7) is 5.19. The molecule has 2 amide bonds. The molecule has 2 saturated heterocycles. The van der Waals surface area contributed by atoms with Gasteiger partial charge in [-0.2, -0.15) is 0 Å². The molecule has 27 heavy (non-hydrogen) atoms. The van der Waals surface area contributed by atoms with Crippen molar-refractivity contribution in [1.29, 1.82) is 0 Å². The summed E-state index contributed by atoms with van der Waals surface area (Å²) in [6.07, 6.45) is 7.23. The van der Waals surface area contributed by atoms with Crippen molar-refractivity contribution in [2.75, 3.05) is 13.6 Å². The summed E-state index contributed by atoms with van der Waals surface area (Å²) < 4.78 is 6.22. The second-order valence-corrected chi connectivity index (χ2v) is 7.85. The molecule has 2 bridgehead atoms. The Morgan fingerprint density at radius 2 is 2.19 bits per heavy atom. The van der Waals surface area contributed by atoms with Crippen LogP contribution in [-0.4, -0.2) is 57.9 Å². The Morgan fingerprint density at radius 1 is 1.41 bits per heavy atom. The number of amides is 2. The van der Waals surface area contributed by atoms with Gasteiger partial charge in [-0.15, -0.1) is 0 Å². The molecule has 0 radical (unpaired) electrons. The number of rotatable bonds is 6. The number of nitrogens with zero attached hydrogens (tertiary/aromatic N) is 3. The molecule has 0 unspecified atom stereocenters. The zero-order chi connectivity index (χ0) is 19.2. The molecule has 0 N–H and O–H groups in total. The maximum atomic E-state index is 13.3. The zero-order valence-corrected chi connectivity index (χ0v) is 16.2. The molecule has 6 heteroatoms. The van der Waals surface area contributed by atoms with Crippen LogP contribution in [0.25, 0.3) is 0 Å². The minimum Gasteiger partial charge on any atom is -0.360 e. The lowest BCUT2D eigenvalue weighted by atomic mass is 9.76. The Bertz CT molecular complexity index is 761. The predicted octanol–water partition coefficient (Wildman–Crippen LogP) is 2.01. The van der Waals surface area contributed by atoms with E-state index in [1.165, 1.54) is 0 Å². The van der Waals surface area contributed by atoms with Crippen LogP contribution >= 0.6 is 0 Å². The van der Waals surface area contributed by atoms with Gasteiger partial charge < -0.3 is 14.5 Å². The highest BCUT2D eigenvalue weighted by Crippen LogP contribution is 2.52. The summed E-state index contributed by atoms with van der Waals surface area (Å²) in [5, 5.41) is 0. The minimum atomic E-state index is -0.628. The molecular formula is C21H27N3O3. The highest BCUT2D eigenvalue weighted by Gasteiger charge is 2.67. The van der Waals surface area contributed by atoms with Crippen LogP contribution < -0.4 is 0 Å². The molecular weight excluding hydrogens is 342 g/mol. The Labute approximate surface area is 160 Å². The van der Waals surface area contributed by atoms with Gasteiger partial charge in [0.2, 0.25) is 11.8 Å². The maximum absolute atomic E-state index is 13.3. The van der Waals surface area contributed by atoms with Crippen LogP contribution in [0.5, 0.6) is 0 Å². The molecule has 144 valence electrons. The van der Waals surface area contributed by atoms with Crippen molar-refractivity contribution in [2.45, 2.75) is 51.0 Å². The largest absolute Gasteiger partial charge is 0.360 e. The third-order valence-electron chi connectivity index (χ3n) is 6.30. The van der Waals surface area contributed by atoms with Gasteiger partial charge in [-0.05, 0) is 25.0 Å². The van der Waals surface area contributed by atoms with E-state index in [9.17, 15) is 9.59 Å². The van der Waals surface area contributed by atoms with Gasteiger partial charge in [0.05, 0.1) is 36.7 Å².